The largest absolute Gasteiger partial charge is 0.462 e. The zero-order valence-corrected chi connectivity index (χ0v) is 13.5. The lowest BCUT2D eigenvalue weighted by atomic mass is 10.1. The van der Waals surface area contributed by atoms with Crippen LogP contribution in [0.5, 0.6) is 5.75 Å². The highest BCUT2D eigenvalue weighted by atomic mass is 16.7. The molecule has 1 fully saturated rings. The Hall–Kier alpha value is -2.50. The zero-order chi connectivity index (χ0) is 18.8. The molecule has 0 bridgehead atoms. The van der Waals surface area contributed by atoms with Gasteiger partial charge in [0, 0.05) is 17.5 Å². The van der Waals surface area contributed by atoms with Crippen molar-refractivity contribution in [2.75, 3.05) is 6.61 Å². The Morgan fingerprint density at radius 2 is 2.04 bits per heavy atom. The number of hydrazine groups is 1. The molecule has 1 amide bonds. The van der Waals surface area contributed by atoms with E-state index in [9.17, 15) is 24.9 Å². The Bertz CT molecular complexity index is 867. The molecule has 1 aliphatic heterocycles. The van der Waals surface area contributed by atoms with Crippen molar-refractivity contribution in [3.63, 3.8) is 0 Å². The molecule has 2 heterocycles. The first-order chi connectivity index (χ1) is 12.4. The summed E-state index contributed by atoms with van der Waals surface area (Å²) in [5, 5.41) is 29.5. The number of aliphatic hydroxyl groups is 3. The van der Waals surface area contributed by atoms with Crippen LogP contribution in [0.1, 0.15) is 5.56 Å². The summed E-state index contributed by atoms with van der Waals surface area (Å²) in [6, 6.07) is 5.70. The molecule has 10 heteroatoms. The van der Waals surface area contributed by atoms with Crippen LogP contribution in [-0.4, -0.2) is 52.4 Å². The molecule has 2 aromatic rings. The SMILES string of the molecule is NNC(=O)Cc1cc(=O)oc2cc(O[C@@H]3OC[C@@H](O)[C@H](O)[C@H]3O)ccc12. The fraction of sp³-hybridized carbons (Fsp3) is 0.375. The summed E-state index contributed by atoms with van der Waals surface area (Å²) >= 11 is 0. The molecule has 0 unspecified atom stereocenters. The van der Waals surface area contributed by atoms with Crippen molar-refractivity contribution in [3.8, 4) is 5.75 Å². The van der Waals surface area contributed by atoms with E-state index in [1.165, 1.54) is 18.2 Å². The Morgan fingerprint density at radius 3 is 2.77 bits per heavy atom. The van der Waals surface area contributed by atoms with Crippen LogP contribution < -0.4 is 21.6 Å². The summed E-state index contributed by atoms with van der Waals surface area (Å²) in [6.45, 7) is -0.204. The summed E-state index contributed by atoms with van der Waals surface area (Å²) in [7, 11) is 0. The molecule has 3 rings (SSSR count). The minimum absolute atomic E-state index is 0.104. The number of hydrogen-bond donors (Lipinski definition) is 5. The Balaban J connectivity index is 1.87. The van der Waals surface area contributed by atoms with Crippen LogP contribution in [0.4, 0.5) is 0 Å². The van der Waals surface area contributed by atoms with Gasteiger partial charge in [0.05, 0.1) is 13.0 Å². The molecule has 0 saturated carbocycles. The van der Waals surface area contributed by atoms with Crippen molar-refractivity contribution in [1.29, 1.82) is 0 Å². The predicted octanol–water partition coefficient (Wildman–Crippen LogP) is -1.86. The number of benzene rings is 1. The minimum Gasteiger partial charge on any atom is -0.462 e. The molecule has 140 valence electrons. The second kappa shape index (κ2) is 7.40. The van der Waals surface area contributed by atoms with Gasteiger partial charge in [-0.25, -0.2) is 10.6 Å². The third kappa shape index (κ3) is 3.69. The van der Waals surface area contributed by atoms with Crippen molar-refractivity contribution in [3.05, 3.63) is 40.2 Å². The topological polar surface area (TPSA) is 164 Å². The highest BCUT2D eigenvalue weighted by Gasteiger charge is 2.39. The second-order valence-electron chi connectivity index (χ2n) is 5.86. The molecule has 1 saturated heterocycles. The van der Waals surface area contributed by atoms with Crippen LogP contribution in [0.25, 0.3) is 11.0 Å². The van der Waals surface area contributed by atoms with Gasteiger partial charge in [0.2, 0.25) is 12.2 Å². The summed E-state index contributed by atoms with van der Waals surface area (Å²) in [6.07, 6.45) is -5.39. The lowest BCUT2D eigenvalue weighted by Crippen LogP contribution is -2.54. The number of fused-ring (bicyclic) bond motifs is 1. The van der Waals surface area contributed by atoms with E-state index in [4.69, 9.17) is 19.7 Å². The molecule has 6 N–H and O–H groups in total. The van der Waals surface area contributed by atoms with Crippen molar-refractivity contribution in [2.45, 2.75) is 31.0 Å². The highest BCUT2D eigenvalue weighted by molar-refractivity contribution is 5.87. The van der Waals surface area contributed by atoms with Gasteiger partial charge in [-0.2, -0.15) is 0 Å². The lowest BCUT2D eigenvalue weighted by molar-refractivity contribution is -0.242. The first-order valence-electron chi connectivity index (χ1n) is 7.77. The molecule has 1 aliphatic rings. The average molecular weight is 366 g/mol. The van der Waals surface area contributed by atoms with Crippen LogP contribution in [0.2, 0.25) is 0 Å². The molecular weight excluding hydrogens is 348 g/mol. The number of aliphatic hydroxyl groups excluding tert-OH is 3. The maximum atomic E-state index is 11.7. The predicted molar refractivity (Wildman–Crippen MR) is 86.9 cm³/mol. The number of rotatable bonds is 4. The third-order valence-electron chi connectivity index (χ3n) is 4.02. The van der Waals surface area contributed by atoms with Crippen LogP contribution in [0.3, 0.4) is 0 Å². The van der Waals surface area contributed by atoms with E-state index in [1.807, 2.05) is 5.43 Å². The second-order valence-corrected chi connectivity index (χ2v) is 5.86. The van der Waals surface area contributed by atoms with Crippen LogP contribution in [0.15, 0.2) is 33.5 Å². The van der Waals surface area contributed by atoms with Gasteiger partial charge in [0.1, 0.15) is 29.6 Å². The summed E-state index contributed by atoms with van der Waals surface area (Å²) in [5.74, 6) is 4.80. The zero-order valence-electron chi connectivity index (χ0n) is 13.5. The van der Waals surface area contributed by atoms with E-state index < -0.39 is 36.1 Å². The third-order valence-corrected chi connectivity index (χ3v) is 4.02. The standard InChI is InChI=1S/C16H18N2O8/c17-18-12(20)3-7-4-13(21)26-11-5-8(1-2-9(7)11)25-16-15(23)14(22)10(19)6-24-16/h1-2,4-5,10,14-16,19,22-23H,3,6,17H2,(H,18,20)/t10-,14+,15-,16+/m1/s1. The van der Waals surface area contributed by atoms with Gasteiger partial charge in [-0.3, -0.25) is 10.2 Å². The van der Waals surface area contributed by atoms with Gasteiger partial charge >= 0.3 is 5.63 Å². The molecule has 26 heavy (non-hydrogen) atoms. The van der Waals surface area contributed by atoms with Gasteiger partial charge < -0.3 is 29.2 Å². The molecule has 10 nitrogen and oxygen atoms in total. The number of nitrogens with one attached hydrogen (secondary N) is 1. The Labute approximate surface area is 146 Å². The van der Waals surface area contributed by atoms with E-state index in [2.05, 4.69) is 0 Å². The molecule has 0 radical (unpaired) electrons. The van der Waals surface area contributed by atoms with Crippen molar-refractivity contribution in [1.82, 2.24) is 5.43 Å². The minimum atomic E-state index is -1.46. The fourth-order valence-corrected chi connectivity index (χ4v) is 2.67. The molecule has 0 aliphatic carbocycles. The molecule has 4 atom stereocenters. The smallest absolute Gasteiger partial charge is 0.336 e. The normalized spacial score (nSPS) is 25.8. The van der Waals surface area contributed by atoms with E-state index in [1.54, 1.807) is 6.07 Å². The number of carbonyl (C=O) groups is 1. The summed E-state index contributed by atoms with van der Waals surface area (Å²) in [5.41, 5.74) is 1.94. The van der Waals surface area contributed by atoms with E-state index in [0.29, 0.717) is 10.9 Å². The molecule has 0 spiro atoms. The maximum Gasteiger partial charge on any atom is 0.336 e. The monoisotopic (exact) mass is 366 g/mol. The first-order valence-corrected chi connectivity index (χ1v) is 7.77. The molecular formula is C16H18N2O8. The highest BCUT2D eigenvalue weighted by Crippen LogP contribution is 2.26. The van der Waals surface area contributed by atoms with Crippen LogP contribution >= 0.6 is 0 Å². The first kappa shape index (κ1) is 18.3. The van der Waals surface area contributed by atoms with Crippen molar-refractivity contribution in [2.24, 2.45) is 5.84 Å². The average Bonchev–Trinajstić information content (AvgIpc) is 2.61. The number of nitrogens with two attached hydrogens (primary N) is 1. The number of ether oxygens (including phenoxy) is 2. The lowest BCUT2D eigenvalue weighted by Gasteiger charge is -2.34. The molecule has 1 aromatic heterocycles. The van der Waals surface area contributed by atoms with Crippen molar-refractivity contribution < 1.29 is 34.0 Å². The van der Waals surface area contributed by atoms with Gasteiger partial charge in [-0.1, -0.05) is 0 Å². The summed E-state index contributed by atoms with van der Waals surface area (Å²) in [4.78, 5) is 23.2. The maximum absolute atomic E-state index is 11.7. The Morgan fingerprint density at radius 1 is 1.27 bits per heavy atom. The number of amides is 1. The quantitative estimate of drug-likeness (QED) is 0.181. The van der Waals surface area contributed by atoms with E-state index in [0.717, 1.165) is 0 Å². The van der Waals surface area contributed by atoms with Crippen LogP contribution in [0, 0.1) is 0 Å². The van der Waals surface area contributed by atoms with Gasteiger partial charge in [0.15, 0.2) is 0 Å². The molecule has 1 aromatic carbocycles. The Kier molecular flexibility index (Phi) is 5.20. The van der Waals surface area contributed by atoms with Gasteiger partial charge in [-0.05, 0) is 17.7 Å². The van der Waals surface area contributed by atoms with Gasteiger partial charge in [-0.15, -0.1) is 0 Å². The number of carbonyl (C=O) groups excluding carboxylic acids is 1. The summed E-state index contributed by atoms with van der Waals surface area (Å²) < 4.78 is 15.8. The fourth-order valence-electron chi connectivity index (χ4n) is 2.67. The van der Waals surface area contributed by atoms with Gasteiger partial charge in [0.25, 0.3) is 0 Å². The van der Waals surface area contributed by atoms with Crippen LogP contribution in [-0.2, 0) is 16.0 Å². The van der Waals surface area contributed by atoms with E-state index >= 15 is 0 Å². The number of hydrogen-bond acceptors (Lipinski definition) is 9. The van der Waals surface area contributed by atoms with Crippen molar-refractivity contribution >= 4 is 16.9 Å². The van der Waals surface area contributed by atoms with E-state index in [-0.39, 0.29) is 24.4 Å².